The molecule has 0 atom stereocenters. The summed E-state index contributed by atoms with van der Waals surface area (Å²) in [4.78, 5) is 0. The minimum Gasteiger partial charge on any atom is -0.497 e. The van der Waals surface area contributed by atoms with Crippen molar-refractivity contribution in [1.82, 2.24) is 10.2 Å². The van der Waals surface area contributed by atoms with Crippen molar-refractivity contribution < 1.29 is 4.74 Å². The molecule has 0 saturated carbocycles. The van der Waals surface area contributed by atoms with Crippen LogP contribution in [-0.4, -0.2) is 24.4 Å². The highest BCUT2D eigenvalue weighted by atomic mass is 35.5. The molecule has 0 amide bonds. The van der Waals surface area contributed by atoms with Crippen LogP contribution in [-0.2, 0) is 0 Å². The van der Waals surface area contributed by atoms with Gasteiger partial charge in [-0.15, -0.1) is 0 Å². The lowest BCUT2D eigenvalue weighted by Gasteiger charge is -2.04. The molecule has 5 heteroatoms. The number of aromatic amines is 1. The first-order valence-electron chi connectivity index (χ1n) is 4.81. The lowest BCUT2D eigenvalue weighted by molar-refractivity contribution is 0.415. The minimum atomic E-state index is 0.630. The maximum Gasteiger partial charge on any atom is 0.148 e. The van der Waals surface area contributed by atoms with Crippen LogP contribution < -0.4 is 10.1 Å². The number of hydrogen-bond donors (Lipinski definition) is 2. The molecule has 0 aliphatic carbocycles. The SMILES string of the molecule is CNc1cc(-c2ccc(OC)cc2Cl)[nH]n1. The van der Waals surface area contributed by atoms with Crippen molar-refractivity contribution in [2.75, 3.05) is 19.5 Å². The molecule has 0 aliphatic rings. The van der Waals surface area contributed by atoms with Gasteiger partial charge in [0.2, 0.25) is 0 Å². The Bertz CT molecular complexity index is 496. The van der Waals surface area contributed by atoms with Gasteiger partial charge in [-0.25, -0.2) is 0 Å². The number of rotatable bonds is 3. The van der Waals surface area contributed by atoms with Crippen molar-refractivity contribution in [3.63, 3.8) is 0 Å². The van der Waals surface area contributed by atoms with Gasteiger partial charge in [0.05, 0.1) is 17.8 Å². The number of ether oxygens (including phenoxy) is 1. The molecule has 0 unspecified atom stereocenters. The van der Waals surface area contributed by atoms with Crippen LogP contribution in [0.25, 0.3) is 11.3 Å². The van der Waals surface area contributed by atoms with Gasteiger partial charge in [-0.2, -0.15) is 5.10 Å². The Balaban J connectivity index is 2.40. The summed E-state index contributed by atoms with van der Waals surface area (Å²) in [5.74, 6) is 1.52. The number of aromatic nitrogens is 2. The highest BCUT2D eigenvalue weighted by Crippen LogP contribution is 2.30. The standard InChI is InChI=1S/C11H12ClN3O/c1-13-11-6-10(14-15-11)8-4-3-7(16-2)5-9(8)12/h3-6H,1-2H3,(H2,13,14,15). The number of nitrogens with one attached hydrogen (secondary N) is 2. The molecule has 1 aromatic heterocycles. The molecular weight excluding hydrogens is 226 g/mol. The molecule has 0 saturated heterocycles. The van der Waals surface area contributed by atoms with Crippen LogP contribution in [0.2, 0.25) is 5.02 Å². The average Bonchev–Trinajstić information content (AvgIpc) is 2.77. The van der Waals surface area contributed by atoms with Crippen LogP contribution in [0.5, 0.6) is 5.75 Å². The van der Waals surface area contributed by atoms with E-state index in [-0.39, 0.29) is 0 Å². The molecule has 1 heterocycles. The third-order valence-electron chi connectivity index (χ3n) is 2.30. The number of methoxy groups -OCH3 is 1. The van der Waals surface area contributed by atoms with Crippen molar-refractivity contribution in [3.8, 4) is 17.0 Å². The van der Waals surface area contributed by atoms with Crippen molar-refractivity contribution >= 4 is 17.4 Å². The molecule has 0 bridgehead atoms. The molecule has 2 N–H and O–H groups in total. The third kappa shape index (κ3) is 1.97. The number of H-pyrrole nitrogens is 1. The molecule has 16 heavy (non-hydrogen) atoms. The Hall–Kier alpha value is -1.68. The molecule has 4 nitrogen and oxygen atoms in total. The van der Waals surface area contributed by atoms with Gasteiger partial charge >= 0.3 is 0 Å². The fraction of sp³-hybridized carbons (Fsp3) is 0.182. The summed E-state index contributed by atoms with van der Waals surface area (Å²) in [6.07, 6.45) is 0. The summed E-state index contributed by atoms with van der Waals surface area (Å²) in [7, 11) is 3.43. The fourth-order valence-electron chi connectivity index (χ4n) is 1.43. The van der Waals surface area contributed by atoms with E-state index >= 15 is 0 Å². The number of benzene rings is 1. The largest absolute Gasteiger partial charge is 0.497 e. The van der Waals surface area contributed by atoms with Gasteiger partial charge in [0.1, 0.15) is 11.6 Å². The second-order valence-electron chi connectivity index (χ2n) is 3.26. The van der Waals surface area contributed by atoms with E-state index in [0.29, 0.717) is 5.02 Å². The number of halogens is 1. The zero-order chi connectivity index (χ0) is 11.5. The van der Waals surface area contributed by atoms with E-state index in [1.54, 1.807) is 13.2 Å². The van der Waals surface area contributed by atoms with Crippen LogP contribution in [0.1, 0.15) is 0 Å². The maximum absolute atomic E-state index is 6.15. The van der Waals surface area contributed by atoms with Crippen molar-refractivity contribution in [2.24, 2.45) is 0 Å². The van der Waals surface area contributed by atoms with Gasteiger partial charge in [-0.1, -0.05) is 11.6 Å². The molecular formula is C11H12ClN3O. The summed E-state index contributed by atoms with van der Waals surface area (Å²) in [6, 6.07) is 7.43. The van der Waals surface area contributed by atoms with Crippen molar-refractivity contribution in [1.29, 1.82) is 0 Å². The van der Waals surface area contributed by atoms with E-state index in [2.05, 4.69) is 15.5 Å². The van der Waals surface area contributed by atoms with Crippen LogP contribution >= 0.6 is 11.6 Å². The van der Waals surface area contributed by atoms with Gasteiger partial charge in [0.25, 0.3) is 0 Å². The predicted octanol–water partition coefficient (Wildman–Crippen LogP) is 2.78. The van der Waals surface area contributed by atoms with Crippen LogP contribution in [0.4, 0.5) is 5.82 Å². The van der Waals surface area contributed by atoms with Crippen molar-refractivity contribution in [3.05, 3.63) is 29.3 Å². The van der Waals surface area contributed by atoms with Crippen LogP contribution in [0, 0.1) is 0 Å². The maximum atomic E-state index is 6.15. The average molecular weight is 238 g/mol. The third-order valence-corrected chi connectivity index (χ3v) is 2.61. The van der Waals surface area contributed by atoms with Crippen LogP contribution in [0.3, 0.4) is 0 Å². The lowest BCUT2D eigenvalue weighted by Crippen LogP contribution is -1.85. The van der Waals surface area contributed by atoms with Gasteiger partial charge in [-0.3, -0.25) is 5.10 Å². The Morgan fingerprint density at radius 1 is 1.38 bits per heavy atom. The summed E-state index contributed by atoms with van der Waals surface area (Å²) < 4.78 is 5.09. The Labute approximate surface area is 98.6 Å². The minimum absolute atomic E-state index is 0.630. The smallest absolute Gasteiger partial charge is 0.148 e. The van der Waals surface area contributed by atoms with E-state index in [1.807, 2.05) is 25.2 Å². The summed E-state index contributed by atoms with van der Waals surface area (Å²) in [6.45, 7) is 0. The first-order chi connectivity index (χ1) is 7.74. The summed E-state index contributed by atoms with van der Waals surface area (Å²) >= 11 is 6.15. The lowest BCUT2D eigenvalue weighted by atomic mass is 10.1. The number of nitrogens with zero attached hydrogens (tertiary/aromatic N) is 1. The van der Waals surface area contributed by atoms with Gasteiger partial charge in [0, 0.05) is 18.7 Å². The molecule has 1 aromatic carbocycles. The first kappa shape index (κ1) is 10.8. The second-order valence-corrected chi connectivity index (χ2v) is 3.67. The molecule has 0 fully saturated rings. The second kappa shape index (κ2) is 4.45. The molecule has 84 valence electrons. The quantitative estimate of drug-likeness (QED) is 0.863. The zero-order valence-electron chi connectivity index (χ0n) is 9.04. The Kier molecular flexibility index (Phi) is 3.01. The number of anilines is 1. The Morgan fingerprint density at radius 2 is 2.19 bits per heavy atom. The summed E-state index contributed by atoms with van der Waals surface area (Å²) in [5, 5.41) is 10.6. The first-order valence-corrected chi connectivity index (χ1v) is 5.19. The monoisotopic (exact) mass is 237 g/mol. The molecule has 2 aromatic rings. The van der Waals surface area contributed by atoms with Crippen LogP contribution in [0.15, 0.2) is 24.3 Å². The zero-order valence-corrected chi connectivity index (χ0v) is 9.80. The van der Waals surface area contributed by atoms with E-state index in [9.17, 15) is 0 Å². The highest BCUT2D eigenvalue weighted by molar-refractivity contribution is 6.33. The highest BCUT2D eigenvalue weighted by Gasteiger charge is 2.07. The molecule has 0 spiro atoms. The predicted molar refractivity (Wildman–Crippen MR) is 65.1 cm³/mol. The van der Waals surface area contributed by atoms with E-state index < -0.39 is 0 Å². The van der Waals surface area contributed by atoms with Gasteiger partial charge < -0.3 is 10.1 Å². The van der Waals surface area contributed by atoms with E-state index in [0.717, 1.165) is 22.8 Å². The molecule has 0 aliphatic heterocycles. The summed E-state index contributed by atoms with van der Waals surface area (Å²) in [5.41, 5.74) is 1.77. The van der Waals surface area contributed by atoms with E-state index in [1.165, 1.54) is 0 Å². The topological polar surface area (TPSA) is 49.9 Å². The molecule has 2 rings (SSSR count). The van der Waals surface area contributed by atoms with E-state index in [4.69, 9.17) is 16.3 Å². The molecule has 0 radical (unpaired) electrons. The number of hydrogen-bond acceptors (Lipinski definition) is 3. The van der Waals surface area contributed by atoms with Gasteiger partial charge in [0.15, 0.2) is 0 Å². The fourth-order valence-corrected chi connectivity index (χ4v) is 1.70. The Morgan fingerprint density at radius 3 is 2.75 bits per heavy atom. The normalized spacial score (nSPS) is 10.2. The van der Waals surface area contributed by atoms with Gasteiger partial charge in [-0.05, 0) is 18.2 Å². The van der Waals surface area contributed by atoms with Crippen molar-refractivity contribution in [2.45, 2.75) is 0 Å².